The predicted molar refractivity (Wildman–Crippen MR) is 55.7 cm³/mol. The molecule has 5 heteroatoms. The van der Waals surface area contributed by atoms with Crippen LogP contribution < -0.4 is 5.32 Å². The molecule has 1 amide bonds. The molecule has 0 bridgehead atoms. The zero-order chi connectivity index (χ0) is 11.6. The molecule has 2 aliphatic rings. The molecule has 0 aromatic rings. The van der Waals surface area contributed by atoms with Crippen molar-refractivity contribution in [3.63, 3.8) is 0 Å². The van der Waals surface area contributed by atoms with Gasteiger partial charge in [0.25, 0.3) is 0 Å². The minimum absolute atomic E-state index is 0.0800. The van der Waals surface area contributed by atoms with Crippen molar-refractivity contribution < 1.29 is 19.1 Å². The number of esters is 1. The van der Waals surface area contributed by atoms with Crippen LogP contribution in [0.25, 0.3) is 0 Å². The summed E-state index contributed by atoms with van der Waals surface area (Å²) in [6, 6.07) is -0.528. The third kappa shape index (κ3) is 1.91. The number of ether oxygens (including phenoxy) is 2. The van der Waals surface area contributed by atoms with E-state index in [9.17, 15) is 9.59 Å². The van der Waals surface area contributed by atoms with Crippen molar-refractivity contribution in [2.45, 2.75) is 32.2 Å². The Hall–Kier alpha value is -1.10. The van der Waals surface area contributed by atoms with Gasteiger partial charge in [0.15, 0.2) is 0 Å². The van der Waals surface area contributed by atoms with Gasteiger partial charge in [0.2, 0.25) is 5.91 Å². The van der Waals surface area contributed by atoms with Gasteiger partial charge in [0.05, 0.1) is 13.2 Å². The van der Waals surface area contributed by atoms with Gasteiger partial charge < -0.3 is 14.8 Å². The summed E-state index contributed by atoms with van der Waals surface area (Å²) in [5.74, 6) is -0.414. The summed E-state index contributed by atoms with van der Waals surface area (Å²) in [5.41, 5.74) is -0.373. The summed E-state index contributed by atoms with van der Waals surface area (Å²) in [7, 11) is 0. The summed E-state index contributed by atoms with van der Waals surface area (Å²) in [6.07, 6.45) is 2.11. The normalized spacial score (nSPS) is 33.8. The van der Waals surface area contributed by atoms with Crippen LogP contribution in [-0.4, -0.2) is 37.7 Å². The highest BCUT2D eigenvalue weighted by Crippen LogP contribution is 2.40. The molecule has 1 N–H and O–H groups in total. The Bertz CT molecular complexity index is 296. The quantitative estimate of drug-likeness (QED) is 0.686. The molecule has 2 fully saturated rings. The first kappa shape index (κ1) is 11.4. The van der Waals surface area contributed by atoms with Gasteiger partial charge in [-0.25, -0.2) is 4.79 Å². The highest BCUT2D eigenvalue weighted by atomic mass is 16.5. The molecule has 0 saturated carbocycles. The summed E-state index contributed by atoms with van der Waals surface area (Å²) in [6.45, 7) is 3.28. The Labute approximate surface area is 94.5 Å². The highest BCUT2D eigenvalue weighted by Gasteiger charge is 2.52. The zero-order valence-electron chi connectivity index (χ0n) is 9.45. The van der Waals surface area contributed by atoms with E-state index in [0.29, 0.717) is 26.2 Å². The molecule has 2 rings (SSSR count). The zero-order valence-corrected chi connectivity index (χ0v) is 9.45. The summed E-state index contributed by atoms with van der Waals surface area (Å²) in [5, 5.41) is 2.71. The van der Waals surface area contributed by atoms with Crippen LogP contribution in [0.5, 0.6) is 0 Å². The predicted octanol–water partition coefficient (Wildman–Crippen LogP) is 0.235. The van der Waals surface area contributed by atoms with E-state index in [2.05, 4.69) is 5.32 Å². The summed E-state index contributed by atoms with van der Waals surface area (Å²) < 4.78 is 10.4. The number of carbonyl (C=O) groups is 2. The van der Waals surface area contributed by atoms with Gasteiger partial charge in [-0.3, -0.25) is 4.79 Å². The van der Waals surface area contributed by atoms with Crippen molar-refractivity contribution in [1.82, 2.24) is 5.32 Å². The van der Waals surface area contributed by atoms with Crippen LogP contribution >= 0.6 is 0 Å². The first-order valence-electron chi connectivity index (χ1n) is 5.72. The lowest BCUT2D eigenvalue weighted by Gasteiger charge is -2.35. The average molecular weight is 227 g/mol. The van der Waals surface area contributed by atoms with Crippen molar-refractivity contribution in [2.75, 3.05) is 19.8 Å². The third-order valence-corrected chi connectivity index (χ3v) is 3.31. The van der Waals surface area contributed by atoms with Gasteiger partial charge in [-0.2, -0.15) is 0 Å². The lowest BCUT2D eigenvalue weighted by Crippen LogP contribution is -2.48. The molecular weight excluding hydrogens is 210 g/mol. The number of carbonyl (C=O) groups excluding carboxylic acids is 2. The van der Waals surface area contributed by atoms with Crippen molar-refractivity contribution >= 4 is 11.9 Å². The van der Waals surface area contributed by atoms with Gasteiger partial charge >= 0.3 is 5.97 Å². The number of rotatable bonds is 2. The second-order valence-corrected chi connectivity index (χ2v) is 4.45. The molecule has 16 heavy (non-hydrogen) atoms. The Kier molecular flexibility index (Phi) is 3.14. The molecule has 2 aliphatic heterocycles. The molecule has 2 saturated heterocycles. The fraction of sp³-hybridized carbons (Fsp3) is 0.818. The van der Waals surface area contributed by atoms with Crippen molar-refractivity contribution in [3.8, 4) is 0 Å². The van der Waals surface area contributed by atoms with Crippen molar-refractivity contribution in [1.29, 1.82) is 0 Å². The Morgan fingerprint density at radius 1 is 1.69 bits per heavy atom. The first-order chi connectivity index (χ1) is 7.68. The number of amides is 1. The van der Waals surface area contributed by atoms with Gasteiger partial charge in [-0.15, -0.1) is 0 Å². The van der Waals surface area contributed by atoms with Crippen LogP contribution in [0.15, 0.2) is 0 Å². The molecular formula is C11H17NO4. The molecule has 2 unspecified atom stereocenters. The van der Waals surface area contributed by atoms with Gasteiger partial charge in [-0.05, 0) is 19.8 Å². The second kappa shape index (κ2) is 4.41. The molecule has 0 aromatic heterocycles. The second-order valence-electron chi connectivity index (χ2n) is 4.45. The van der Waals surface area contributed by atoms with Crippen LogP contribution in [0, 0.1) is 5.41 Å². The maximum absolute atomic E-state index is 11.8. The van der Waals surface area contributed by atoms with Gasteiger partial charge in [0.1, 0.15) is 6.04 Å². The lowest BCUT2D eigenvalue weighted by atomic mass is 9.76. The van der Waals surface area contributed by atoms with Crippen LogP contribution in [0.1, 0.15) is 26.2 Å². The van der Waals surface area contributed by atoms with Crippen LogP contribution in [-0.2, 0) is 19.1 Å². The molecule has 2 heterocycles. The lowest BCUT2D eigenvalue weighted by molar-refractivity contribution is -0.151. The average Bonchev–Trinajstić information content (AvgIpc) is 2.57. The Balaban J connectivity index is 2.14. The first-order valence-corrected chi connectivity index (χ1v) is 5.72. The molecule has 5 nitrogen and oxygen atoms in total. The molecule has 0 aromatic carbocycles. The smallest absolute Gasteiger partial charge is 0.329 e. The van der Waals surface area contributed by atoms with E-state index in [1.54, 1.807) is 6.92 Å². The van der Waals surface area contributed by atoms with Crippen LogP contribution in [0.2, 0.25) is 0 Å². The molecule has 90 valence electrons. The van der Waals surface area contributed by atoms with E-state index in [1.807, 2.05) is 0 Å². The fourth-order valence-corrected chi connectivity index (χ4v) is 2.56. The SMILES string of the molecule is CCOC(=O)C1NC(=O)CC12CCCOC2. The van der Waals surface area contributed by atoms with Crippen molar-refractivity contribution in [3.05, 3.63) is 0 Å². The number of hydrogen-bond acceptors (Lipinski definition) is 4. The van der Waals surface area contributed by atoms with E-state index in [0.717, 1.165) is 12.8 Å². The number of hydrogen-bond donors (Lipinski definition) is 1. The largest absolute Gasteiger partial charge is 0.464 e. The van der Waals surface area contributed by atoms with E-state index in [4.69, 9.17) is 9.47 Å². The topological polar surface area (TPSA) is 64.6 Å². The standard InChI is InChI=1S/C11H17NO4/c1-2-16-10(14)9-11(6-8(13)12-9)4-3-5-15-7-11/h9H,2-7H2,1H3,(H,12,13). The van der Waals surface area contributed by atoms with E-state index in [1.165, 1.54) is 0 Å². The highest BCUT2D eigenvalue weighted by molar-refractivity contribution is 5.90. The molecule has 2 atom stereocenters. The molecule has 1 spiro atoms. The van der Waals surface area contributed by atoms with Gasteiger partial charge in [-0.1, -0.05) is 0 Å². The minimum atomic E-state index is -0.528. The maximum Gasteiger partial charge on any atom is 0.329 e. The number of nitrogens with one attached hydrogen (secondary N) is 1. The van der Waals surface area contributed by atoms with Crippen LogP contribution in [0.3, 0.4) is 0 Å². The van der Waals surface area contributed by atoms with Crippen LogP contribution in [0.4, 0.5) is 0 Å². The molecule has 0 radical (unpaired) electrons. The monoisotopic (exact) mass is 227 g/mol. The minimum Gasteiger partial charge on any atom is -0.464 e. The van der Waals surface area contributed by atoms with Crippen molar-refractivity contribution in [2.24, 2.45) is 5.41 Å². The molecule has 0 aliphatic carbocycles. The summed E-state index contributed by atoms with van der Waals surface area (Å²) in [4.78, 5) is 23.2. The maximum atomic E-state index is 11.8. The van der Waals surface area contributed by atoms with Gasteiger partial charge in [0, 0.05) is 18.4 Å². The van der Waals surface area contributed by atoms with E-state index in [-0.39, 0.29) is 17.3 Å². The summed E-state index contributed by atoms with van der Waals surface area (Å²) >= 11 is 0. The Morgan fingerprint density at radius 2 is 2.50 bits per heavy atom. The fourth-order valence-electron chi connectivity index (χ4n) is 2.56. The Morgan fingerprint density at radius 3 is 3.12 bits per heavy atom. The van der Waals surface area contributed by atoms with E-state index >= 15 is 0 Å². The van der Waals surface area contributed by atoms with E-state index < -0.39 is 6.04 Å². The third-order valence-electron chi connectivity index (χ3n) is 3.31.